The maximum absolute atomic E-state index is 12.1. The molecule has 0 aliphatic carbocycles. The number of hydrogen-bond acceptors (Lipinski definition) is 4. The van der Waals surface area contributed by atoms with Gasteiger partial charge in [-0.2, -0.15) is 5.10 Å². The van der Waals surface area contributed by atoms with Crippen LogP contribution in [0.25, 0.3) is 0 Å². The van der Waals surface area contributed by atoms with Crippen LogP contribution in [0.4, 0.5) is 5.82 Å². The van der Waals surface area contributed by atoms with Crippen molar-refractivity contribution in [2.24, 2.45) is 0 Å². The first-order chi connectivity index (χ1) is 9.74. The third-order valence-corrected chi connectivity index (χ3v) is 3.73. The van der Waals surface area contributed by atoms with Crippen LogP contribution >= 0.6 is 0 Å². The third-order valence-electron chi connectivity index (χ3n) is 3.73. The topological polar surface area (TPSA) is 70.4 Å². The van der Waals surface area contributed by atoms with Crippen molar-refractivity contribution >= 4 is 11.7 Å². The molecule has 0 saturated carbocycles. The summed E-state index contributed by atoms with van der Waals surface area (Å²) in [6, 6.07) is 1.93. The minimum Gasteiger partial charge on any atom is -0.395 e. The molecule has 2 N–H and O–H groups in total. The Hall–Kier alpha value is -1.40. The predicted molar refractivity (Wildman–Crippen MR) is 77.4 cm³/mol. The zero-order chi connectivity index (χ0) is 14.4. The minimum absolute atomic E-state index is 0.0387. The average molecular weight is 280 g/mol. The summed E-state index contributed by atoms with van der Waals surface area (Å²) in [6.45, 7) is 4.22. The number of nitrogens with one attached hydrogen (secondary N) is 1. The predicted octanol–water partition coefficient (Wildman–Crippen LogP) is 1.08. The van der Waals surface area contributed by atoms with Gasteiger partial charge in [0.05, 0.1) is 19.3 Å². The Labute approximate surface area is 119 Å². The van der Waals surface area contributed by atoms with Gasteiger partial charge in [-0.25, -0.2) is 4.68 Å². The number of aliphatic hydroxyl groups is 1. The molecule has 1 aliphatic heterocycles. The Morgan fingerprint density at radius 3 is 3.15 bits per heavy atom. The molecule has 0 unspecified atom stereocenters. The molecule has 1 saturated heterocycles. The fourth-order valence-corrected chi connectivity index (χ4v) is 2.67. The molecular formula is C14H24N4O2. The Balaban J connectivity index is 1.89. The van der Waals surface area contributed by atoms with E-state index in [9.17, 15) is 9.90 Å². The number of carbonyl (C=O) groups excluding carboxylic acids is 1. The molecule has 1 amide bonds. The third kappa shape index (κ3) is 3.80. The molecule has 1 fully saturated rings. The molecule has 1 aromatic heterocycles. The monoisotopic (exact) mass is 280 g/mol. The zero-order valence-corrected chi connectivity index (χ0v) is 12.1. The van der Waals surface area contributed by atoms with E-state index >= 15 is 0 Å². The summed E-state index contributed by atoms with van der Waals surface area (Å²) in [6.07, 6.45) is 5.87. The SMILES string of the molecule is CCCn1nccc1NC(=O)CN1CCCC[C@@H]1CO. The summed E-state index contributed by atoms with van der Waals surface area (Å²) >= 11 is 0. The van der Waals surface area contributed by atoms with Crippen molar-refractivity contribution in [1.82, 2.24) is 14.7 Å². The first kappa shape index (κ1) is 15.0. The second-order valence-corrected chi connectivity index (χ2v) is 5.29. The second-order valence-electron chi connectivity index (χ2n) is 5.29. The lowest BCUT2D eigenvalue weighted by atomic mass is 10.0. The fourth-order valence-electron chi connectivity index (χ4n) is 2.67. The maximum Gasteiger partial charge on any atom is 0.239 e. The van der Waals surface area contributed by atoms with Crippen LogP contribution in [0.1, 0.15) is 32.6 Å². The maximum atomic E-state index is 12.1. The number of hydrogen-bond donors (Lipinski definition) is 2. The van der Waals surface area contributed by atoms with Gasteiger partial charge < -0.3 is 10.4 Å². The summed E-state index contributed by atoms with van der Waals surface area (Å²) in [5.41, 5.74) is 0. The van der Waals surface area contributed by atoms with Gasteiger partial charge in [-0.3, -0.25) is 9.69 Å². The molecule has 1 aromatic rings. The number of aromatic nitrogens is 2. The van der Waals surface area contributed by atoms with E-state index in [0.29, 0.717) is 6.54 Å². The molecule has 0 bridgehead atoms. The summed E-state index contributed by atoms with van der Waals surface area (Å²) in [5, 5.41) is 16.4. The largest absolute Gasteiger partial charge is 0.395 e. The highest BCUT2D eigenvalue weighted by Crippen LogP contribution is 2.16. The number of aliphatic hydroxyl groups excluding tert-OH is 1. The van der Waals surface area contributed by atoms with Crippen molar-refractivity contribution in [3.05, 3.63) is 12.3 Å². The lowest BCUT2D eigenvalue weighted by Gasteiger charge is -2.33. The van der Waals surface area contributed by atoms with E-state index in [0.717, 1.165) is 44.6 Å². The molecule has 0 spiro atoms. The minimum atomic E-state index is -0.0387. The van der Waals surface area contributed by atoms with E-state index in [2.05, 4.69) is 22.2 Å². The molecule has 112 valence electrons. The van der Waals surface area contributed by atoms with E-state index in [1.165, 1.54) is 0 Å². The first-order valence-electron chi connectivity index (χ1n) is 7.41. The van der Waals surface area contributed by atoms with E-state index in [4.69, 9.17) is 0 Å². The van der Waals surface area contributed by atoms with Crippen molar-refractivity contribution in [3.8, 4) is 0 Å². The van der Waals surface area contributed by atoms with Crippen molar-refractivity contribution in [2.75, 3.05) is 25.0 Å². The second kappa shape index (κ2) is 7.40. The van der Waals surface area contributed by atoms with Crippen LogP contribution in [0.5, 0.6) is 0 Å². The van der Waals surface area contributed by atoms with Crippen LogP contribution in [0.2, 0.25) is 0 Å². The highest BCUT2D eigenvalue weighted by atomic mass is 16.3. The molecule has 0 aromatic carbocycles. The average Bonchev–Trinajstić information content (AvgIpc) is 2.87. The zero-order valence-electron chi connectivity index (χ0n) is 12.1. The number of carbonyl (C=O) groups is 1. The van der Waals surface area contributed by atoms with Gasteiger partial charge in [0.15, 0.2) is 0 Å². The summed E-state index contributed by atoms with van der Waals surface area (Å²) in [4.78, 5) is 14.2. The Bertz CT molecular complexity index is 433. The molecule has 6 nitrogen and oxygen atoms in total. The lowest BCUT2D eigenvalue weighted by Crippen LogP contribution is -2.45. The van der Waals surface area contributed by atoms with Gasteiger partial charge in [0, 0.05) is 18.7 Å². The van der Waals surface area contributed by atoms with Gasteiger partial charge in [0.1, 0.15) is 5.82 Å². The van der Waals surface area contributed by atoms with Crippen molar-refractivity contribution < 1.29 is 9.90 Å². The Kier molecular flexibility index (Phi) is 5.55. The van der Waals surface area contributed by atoms with Crippen LogP contribution in [0.15, 0.2) is 12.3 Å². The number of amides is 1. The molecule has 2 heterocycles. The van der Waals surface area contributed by atoms with Gasteiger partial charge in [0.2, 0.25) is 5.91 Å². The van der Waals surface area contributed by atoms with Crippen LogP contribution in [-0.2, 0) is 11.3 Å². The molecule has 1 aliphatic rings. The fraction of sp³-hybridized carbons (Fsp3) is 0.714. The number of piperidine rings is 1. The Morgan fingerprint density at radius 2 is 2.40 bits per heavy atom. The number of aryl methyl sites for hydroxylation is 1. The number of rotatable bonds is 6. The number of nitrogens with zero attached hydrogens (tertiary/aromatic N) is 3. The van der Waals surface area contributed by atoms with Gasteiger partial charge in [-0.1, -0.05) is 13.3 Å². The molecule has 20 heavy (non-hydrogen) atoms. The van der Waals surface area contributed by atoms with Crippen LogP contribution < -0.4 is 5.32 Å². The van der Waals surface area contributed by atoms with Gasteiger partial charge in [-0.15, -0.1) is 0 Å². The molecule has 1 atom stereocenters. The van der Waals surface area contributed by atoms with Crippen molar-refractivity contribution in [1.29, 1.82) is 0 Å². The smallest absolute Gasteiger partial charge is 0.239 e. The van der Waals surface area contributed by atoms with E-state index in [1.54, 1.807) is 10.9 Å². The highest BCUT2D eigenvalue weighted by Gasteiger charge is 2.23. The summed E-state index contributed by atoms with van der Waals surface area (Å²) in [5.74, 6) is 0.706. The van der Waals surface area contributed by atoms with Crippen molar-refractivity contribution in [3.63, 3.8) is 0 Å². The van der Waals surface area contributed by atoms with E-state index < -0.39 is 0 Å². The summed E-state index contributed by atoms with van der Waals surface area (Å²) < 4.78 is 1.80. The summed E-state index contributed by atoms with van der Waals surface area (Å²) in [7, 11) is 0. The van der Waals surface area contributed by atoms with Crippen molar-refractivity contribution in [2.45, 2.75) is 45.2 Å². The molecule has 2 rings (SSSR count). The number of likely N-dealkylation sites (tertiary alicyclic amines) is 1. The van der Waals surface area contributed by atoms with Crippen LogP contribution in [0.3, 0.4) is 0 Å². The van der Waals surface area contributed by atoms with Gasteiger partial charge in [-0.05, 0) is 25.8 Å². The standard InChI is InChI=1S/C14H24N4O2/c1-2-8-18-13(6-7-15-18)16-14(20)10-17-9-4-3-5-12(17)11-19/h6-7,12,19H,2-5,8-11H2,1H3,(H,16,20)/t12-/m1/s1. The first-order valence-corrected chi connectivity index (χ1v) is 7.41. The normalized spacial score (nSPS) is 20.0. The van der Waals surface area contributed by atoms with E-state index in [1.807, 2.05) is 6.07 Å². The number of anilines is 1. The molecule has 6 heteroatoms. The quantitative estimate of drug-likeness (QED) is 0.818. The van der Waals surface area contributed by atoms with Gasteiger partial charge in [0.25, 0.3) is 0 Å². The van der Waals surface area contributed by atoms with E-state index in [-0.39, 0.29) is 18.6 Å². The van der Waals surface area contributed by atoms with Gasteiger partial charge >= 0.3 is 0 Å². The van der Waals surface area contributed by atoms with Crippen LogP contribution in [-0.4, -0.2) is 51.4 Å². The highest BCUT2D eigenvalue weighted by molar-refractivity contribution is 5.91. The van der Waals surface area contributed by atoms with Crippen LogP contribution in [0, 0.1) is 0 Å². The lowest BCUT2D eigenvalue weighted by molar-refractivity contribution is -0.118. The molecular weight excluding hydrogens is 256 g/mol. The Morgan fingerprint density at radius 1 is 1.55 bits per heavy atom. The molecule has 0 radical (unpaired) electrons.